The fraction of sp³-hybridized carbons (Fsp3) is 0.600. The van der Waals surface area contributed by atoms with Crippen LogP contribution in [-0.2, 0) is 18.9 Å². The molecule has 0 saturated carbocycles. The third-order valence-corrected chi connectivity index (χ3v) is 5.96. The molecule has 2 aliphatic rings. The van der Waals surface area contributed by atoms with E-state index in [1.54, 1.807) is 4.90 Å². The number of hydrogen-bond acceptors (Lipinski definition) is 6. The van der Waals surface area contributed by atoms with E-state index in [1.165, 1.54) is 0 Å². The predicted octanol–water partition coefficient (Wildman–Crippen LogP) is 0.584. The van der Waals surface area contributed by atoms with Crippen LogP contribution in [0.15, 0.2) is 24.3 Å². The number of nitrogens with zero attached hydrogens (tertiary/aromatic N) is 2. The molecule has 7 nitrogen and oxygen atoms in total. The number of aldehydes is 1. The van der Waals surface area contributed by atoms with Crippen LogP contribution in [0, 0.1) is 0 Å². The zero-order valence-electron chi connectivity index (χ0n) is 17.1. The Labute approximate surface area is 166 Å². The summed E-state index contributed by atoms with van der Waals surface area (Å²) in [6, 6.07) is 8.15. The molecule has 1 atom stereocenters. The summed E-state index contributed by atoms with van der Waals surface area (Å²) in [6.07, 6.45) is -0.963. The number of carbonyl (C=O) groups is 2. The summed E-state index contributed by atoms with van der Waals surface area (Å²) in [5.74, 6) is -0.185. The van der Waals surface area contributed by atoms with Crippen molar-refractivity contribution in [2.45, 2.75) is 51.4 Å². The standard InChI is InChI=1S/C20H29BN2O5/c1-19(2)20(3,4)28-21(27-19)15-5-7-16(8-6-15)22-9-11-23(12-10-22)18(26)13-17(25)14-24/h5-8,14,17,25H,9-13H2,1-4H3. The monoisotopic (exact) mass is 388 g/mol. The smallest absolute Gasteiger partial charge is 0.399 e. The maximum atomic E-state index is 12.1. The van der Waals surface area contributed by atoms with Gasteiger partial charge in [0.1, 0.15) is 12.4 Å². The Kier molecular flexibility index (Phi) is 5.84. The number of anilines is 1. The van der Waals surface area contributed by atoms with Gasteiger partial charge >= 0.3 is 7.12 Å². The lowest BCUT2D eigenvalue weighted by Gasteiger charge is -2.36. The van der Waals surface area contributed by atoms with E-state index in [0.29, 0.717) is 32.5 Å². The summed E-state index contributed by atoms with van der Waals surface area (Å²) >= 11 is 0. The van der Waals surface area contributed by atoms with Crippen molar-refractivity contribution in [3.8, 4) is 0 Å². The highest BCUT2D eigenvalue weighted by molar-refractivity contribution is 6.62. The van der Waals surface area contributed by atoms with Gasteiger partial charge in [-0.1, -0.05) is 12.1 Å². The van der Waals surface area contributed by atoms with E-state index in [0.717, 1.165) is 11.2 Å². The largest absolute Gasteiger partial charge is 0.494 e. The number of amides is 1. The summed E-state index contributed by atoms with van der Waals surface area (Å²) in [6.45, 7) is 10.7. The first kappa shape index (κ1) is 20.8. The quantitative estimate of drug-likeness (QED) is 0.588. The first-order valence-electron chi connectivity index (χ1n) is 9.74. The molecule has 1 unspecified atom stereocenters. The molecular formula is C20H29BN2O5. The van der Waals surface area contributed by atoms with E-state index in [9.17, 15) is 14.7 Å². The highest BCUT2D eigenvalue weighted by Gasteiger charge is 2.51. The molecule has 2 saturated heterocycles. The first-order valence-corrected chi connectivity index (χ1v) is 9.74. The molecular weight excluding hydrogens is 359 g/mol. The number of piperazine rings is 1. The van der Waals surface area contributed by atoms with Crippen LogP contribution in [0.25, 0.3) is 0 Å². The van der Waals surface area contributed by atoms with Gasteiger partial charge in [-0.05, 0) is 45.3 Å². The number of rotatable bonds is 5. The van der Waals surface area contributed by atoms with Gasteiger partial charge in [-0.15, -0.1) is 0 Å². The van der Waals surface area contributed by atoms with Crippen LogP contribution in [0.5, 0.6) is 0 Å². The van der Waals surface area contributed by atoms with Gasteiger partial charge in [0.15, 0.2) is 0 Å². The predicted molar refractivity (Wildman–Crippen MR) is 108 cm³/mol. The molecule has 1 aromatic rings. The fourth-order valence-electron chi connectivity index (χ4n) is 3.39. The van der Waals surface area contributed by atoms with Gasteiger partial charge in [0.25, 0.3) is 0 Å². The summed E-state index contributed by atoms with van der Waals surface area (Å²) in [5.41, 5.74) is 1.34. The molecule has 2 heterocycles. The first-order chi connectivity index (χ1) is 13.1. The topological polar surface area (TPSA) is 79.3 Å². The van der Waals surface area contributed by atoms with E-state index < -0.39 is 6.10 Å². The number of benzene rings is 1. The van der Waals surface area contributed by atoms with Gasteiger partial charge in [0, 0.05) is 31.9 Å². The second-order valence-corrected chi connectivity index (χ2v) is 8.46. The molecule has 0 bridgehead atoms. The van der Waals surface area contributed by atoms with Crippen molar-refractivity contribution in [1.29, 1.82) is 0 Å². The molecule has 1 N–H and O–H groups in total. The van der Waals surface area contributed by atoms with E-state index in [-0.39, 0.29) is 30.6 Å². The van der Waals surface area contributed by atoms with Gasteiger partial charge < -0.3 is 29.0 Å². The third kappa shape index (κ3) is 4.24. The number of aliphatic hydroxyl groups excluding tert-OH is 1. The average Bonchev–Trinajstić information content (AvgIpc) is 2.89. The van der Waals surface area contributed by atoms with Crippen molar-refractivity contribution >= 4 is 30.5 Å². The van der Waals surface area contributed by atoms with Crippen LogP contribution < -0.4 is 10.4 Å². The van der Waals surface area contributed by atoms with Gasteiger partial charge in [-0.25, -0.2) is 0 Å². The van der Waals surface area contributed by atoms with Crippen molar-refractivity contribution < 1.29 is 24.0 Å². The van der Waals surface area contributed by atoms with Crippen LogP contribution in [0.1, 0.15) is 34.1 Å². The molecule has 1 aromatic carbocycles. The molecule has 3 rings (SSSR count). The van der Waals surface area contributed by atoms with Gasteiger partial charge in [-0.3, -0.25) is 4.79 Å². The fourth-order valence-corrected chi connectivity index (χ4v) is 3.39. The molecule has 2 aliphatic heterocycles. The molecule has 2 fully saturated rings. The van der Waals surface area contributed by atoms with E-state index in [1.807, 2.05) is 52.0 Å². The van der Waals surface area contributed by atoms with Crippen LogP contribution in [0.3, 0.4) is 0 Å². The Balaban J connectivity index is 1.57. The maximum absolute atomic E-state index is 12.1. The maximum Gasteiger partial charge on any atom is 0.494 e. The van der Waals surface area contributed by atoms with Gasteiger partial charge in [-0.2, -0.15) is 0 Å². The van der Waals surface area contributed by atoms with Crippen molar-refractivity contribution in [2.24, 2.45) is 0 Å². The summed E-state index contributed by atoms with van der Waals surface area (Å²) in [5, 5.41) is 9.32. The summed E-state index contributed by atoms with van der Waals surface area (Å²) in [7, 11) is -0.377. The minimum Gasteiger partial charge on any atom is -0.399 e. The second kappa shape index (κ2) is 7.85. The zero-order valence-corrected chi connectivity index (χ0v) is 17.1. The van der Waals surface area contributed by atoms with Gasteiger partial charge in [0.05, 0.1) is 17.6 Å². The van der Waals surface area contributed by atoms with Crippen LogP contribution in [-0.4, -0.2) is 72.8 Å². The molecule has 0 aliphatic carbocycles. The Morgan fingerprint density at radius 1 is 1.11 bits per heavy atom. The van der Waals surface area contributed by atoms with Crippen molar-refractivity contribution in [2.75, 3.05) is 31.1 Å². The molecule has 28 heavy (non-hydrogen) atoms. The lowest BCUT2D eigenvalue weighted by atomic mass is 9.79. The van der Waals surface area contributed by atoms with Crippen LogP contribution >= 0.6 is 0 Å². The number of aliphatic hydroxyl groups is 1. The molecule has 8 heteroatoms. The molecule has 152 valence electrons. The molecule has 0 radical (unpaired) electrons. The minimum absolute atomic E-state index is 0.147. The Bertz CT molecular complexity index is 698. The Morgan fingerprint density at radius 2 is 1.64 bits per heavy atom. The Hall–Kier alpha value is -1.90. The zero-order chi connectivity index (χ0) is 20.5. The SMILES string of the molecule is CC1(C)OB(c2ccc(N3CCN(C(=O)CC(O)C=O)CC3)cc2)OC1(C)C. The van der Waals surface area contributed by atoms with Crippen molar-refractivity contribution in [1.82, 2.24) is 4.90 Å². The highest BCUT2D eigenvalue weighted by atomic mass is 16.7. The normalized spacial score (nSPS) is 22.2. The summed E-state index contributed by atoms with van der Waals surface area (Å²) < 4.78 is 12.2. The minimum atomic E-state index is -1.21. The Morgan fingerprint density at radius 3 is 2.14 bits per heavy atom. The van der Waals surface area contributed by atoms with Crippen LogP contribution in [0.4, 0.5) is 5.69 Å². The highest BCUT2D eigenvalue weighted by Crippen LogP contribution is 2.36. The second-order valence-electron chi connectivity index (χ2n) is 8.46. The number of carbonyl (C=O) groups excluding carboxylic acids is 2. The molecule has 1 amide bonds. The lowest BCUT2D eigenvalue weighted by Crippen LogP contribution is -2.49. The van der Waals surface area contributed by atoms with Gasteiger partial charge in [0.2, 0.25) is 5.91 Å². The number of hydrogen-bond donors (Lipinski definition) is 1. The molecule has 0 aromatic heterocycles. The van der Waals surface area contributed by atoms with E-state index >= 15 is 0 Å². The van der Waals surface area contributed by atoms with Crippen molar-refractivity contribution in [3.63, 3.8) is 0 Å². The van der Waals surface area contributed by atoms with E-state index in [4.69, 9.17) is 9.31 Å². The average molecular weight is 388 g/mol. The molecule has 0 spiro atoms. The van der Waals surface area contributed by atoms with E-state index in [2.05, 4.69) is 4.90 Å². The summed E-state index contributed by atoms with van der Waals surface area (Å²) in [4.78, 5) is 26.5. The van der Waals surface area contributed by atoms with Crippen LogP contribution in [0.2, 0.25) is 0 Å². The lowest BCUT2D eigenvalue weighted by molar-refractivity contribution is -0.135. The third-order valence-electron chi connectivity index (χ3n) is 5.96. The van der Waals surface area contributed by atoms with Crippen molar-refractivity contribution in [3.05, 3.63) is 24.3 Å².